The first kappa shape index (κ1) is 21.1. The maximum atomic E-state index is 13.3. The molecule has 4 rings (SSSR count). The zero-order valence-electron chi connectivity index (χ0n) is 18.1. The number of aromatic nitrogens is 1. The summed E-state index contributed by atoms with van der Waals surface area (Å²) in [6.45, 7) is 3.45. The van der Waals surface area contributed by atoms with Crippen LogP contribution in [0.1, 0.15) is 22.8 Å². The summed E-state index contributed by atoms with van der Waals surface area (Å²) in [4.78, 5) is 29.3. The fourth-order valence-electron chi connectivity index (χ4n) is 3.50. The van der Waals surface area contributed by atoms with E-state index in [1.807, 2.05) is 67.6 Å². The quantitative estimate of drug-likeness (QED) is 0.447. The molecule has 3 aromatic carbocycles. The molecule has 160 valence electrons. The number of rotatable bonds is 5. The van der Waals surface area contributed by atoms with Gasteiger partial charge in [-0.1, -0.05) is 29.8 Å². The first-order valence-electron chi connectivity index (χ1n) is 10.2. The van der Waals surface area contributed by atoms with Gasteiger partial charge in [0.1, 0.15) is 5.75 Å². The van der Waals surface area contributed by atoms with E-state index in [1.54, 1.807) is 19.2 Å². The van der Waals surface area contributed by atoms with Gasteiger partial charge < -0.3 is 15.4 Å². The van der Waals surface area contributed by atoms with E-state index in [0.29, 0.717) is 28.4 Å². The third-order valence-electron chi connectivity index (χ3n) is 5.04. The molecule has 0 radical (unpaired) electrons. The van der Waals surface area contributed by atoms with Crippen molar-refractivity contribution in [2.24, 2.45) is 0 Å². The molecule has 6 heteroatoms. The Labute approximate surface area is 186 Å². The highest BCUT2D eigenvalue weighted by molar-refractivity contribution is 6.13. The van der Waals surface area contributed by atoms with E-state index in [4.69, 9.17) is 9.72 Å². The van der Waals surface area contributed by atoms with Crippen LogP contribution in [0, 0.1) is 6.92 Å². The molecule has 32 heavy (non-hydrogen) atoms. The Morgan fingerprint density at radius 1 is 0.875 bits per heavy atom. The Morgan fingerprint density at radius 3 is 2.38 bits per heavy atom. The van der Waals surface area contributed by atoms with Gasteiger partial charge >= 0.3 is 0 Å². The monoisotopic (exact) mass is 425 g/mol. The highest BCUT2D eigenvalue weighted by atomic mass is 16.5. The number of hydrogen-bond acceptors (Lipinski definition) is 4. The molecule has 0 unspecified atom stereocenters. The summed E-state index contributed by atoms with van der Waals surface area (Å²) >= 11 is 0. The third-order valence-corrected chi connectivity index (χ3v) is 5.04. The Hall–Kier alpha value is -4.19. The predicted molar refractivity (Wildman–Crippen MR) is 127 cm³/mol. The fourth-order valence-corrected chi connectivity index (χ4v) is 3.50. The number of carbonyl (C=O) groups is 2. The van der Waals surface area contributed by atoms with Crippen LogP contribution >= 0.6 is 0 Å². The van der Waals surface area contributed by atoms with E-state index < -0.39 is 0 Å². The van der Waals surface area contributed by atoms with Crippen LogP contribution in [0.2, 0.25) is 0 Å². The maximum absolute atomic E-state index is 13.3. The minimum absolute atomic E-state index is 0.131. The van der Waals surface area contributed by atoms with Crippen molar-refractivity contribution < 1.29 is 14.3 Å². The van der Waals surface area contributed by atoms with Gasteiger partial charge in [-0.05, 0) is 49.4 Å². The summed E-state index contributed by atoms with van der Waals surface area (Å²) in [6, 6.07) is 22.3. The fraction of sp³-hybridized carbons (Fsp3) is 0.115. The van der Waals surface area contributed by atoms with Gasteiger partial charge in [0.05, 0.1) is 23.9 Å². The van der Waals surface area contributed by atoms with Gasteiger partial charge in [-0.2, -0.15) is 0 Å². The van der Waals surface area contributed by atoms with Crippen LogP contribution in [-0.4, -0.2) is 23.9 Å². The Morgan fingerprint density at radius 2 is 1.66 bits per heavy atom. The van der Waals surface area contributed by atoms with Crippen LogP contribution in [0.25, 0.3) is 22.2 Å². The van der Waals surface area contributed by atoms with E-state index >= 15 is 0 Å². The molecular weight excluding hydrogens is 402 g/mol. The second-order valence-corrected chi connectivity index (χ2v) is 7.52. The molecule has 0 spiro atoms. The summed E-state index contributed by atoms with van der Waals surface area (Å²) in [5.41, 5.74) is 5.17. The SMILES string of the molecule is COc1cccc(NC(=O)c2cc(-c3ccc(NC(C)=O)cc3)nc3ccc(C)cc23)c1. The minimum atomic E-state index is -0.229. The number of pyridine rings is 1. The summed E-state index contributed by atoms with van der Waals surface area (Å²) in [6.07, 6.45) is 0. The second kappa shape index (κ2) is 8.89. The zero-order chi connectivity index (χ0) is 22.7. The van der Waals surface area contributed by atoms with Gasteiger partial charge in [0, 0.05) is 35.3 Å². The molecule has 0 atom stereocenters. The number of methoxy groups -OCH3 is 1. The predicted octanol–water partition coefficient (Wildman–Crippen LogP) is 5.43. The Bertz CT molecular complexity index is 1310. The van der Waals surface area contributed by atoms with Crippen molar-refractivity contribution in [2.75, 3.05) is 17.7 Å². The molecule has 1 heterocycles. The Kier molecular flexibility index (Phi) is 5.85. The largest absolute Gasteiger partial charge is 0.497 e. The van der Waals surface area contributed by atoms with Crippen LogP contribution in [0.15, 0.2) is 72.8 Å². The number of nitrogens with one attached hydrogen (secondary N) is 2. The van der Waals surface area contributed by atoms with Gasteiger partial charge in [0.25, 0.3) is 5.91 Å². The van der Waals surface area contributed by atoms with Gasteiger partial charge in [0.2, 0.25) is 5.91 Å². The number of carbonyl (C=O) groups excluding carboxylic acids is 2. The number of ether oxygens (including phenoxy) is 1. The van der Waals surface area contributed by atoms with E-state index in [0.717, 1.165) is 22.0 Å². The molecule has 0 bridgehead atoms. The molecule has 0 saturated heterocycles. The highest BCUT2D eigenvalue weighted by Gasteiger charge is 2.15. The molecule has 0 aliphatic carbocycles. The van der Waals surface area contributed by atoms with Gasteiger partial charge in [-0.25, -0.2) is 4.98 Å². The maximum Gasteiger partial charge on any atom is 0.256 e. The molecule has 0 fully saturated rings. The number of nitrogens with zero attached hydrogens (tertiary/aromatic N) is 1. The molecule has 4 aromatic rings. The first-order chi connectivity index (χ1) is 15.4. The lowest BCUT2D eigenvalue weighted by Gasteiger charge is -2.12. The Balaban J connectivity index is 1.75. The molecule has 2 N–H and O–H groups in total. The number of fused-ring (bicyclic) bond motifs is 1. The van der Waals surface area contributed by atoms with E-state index in [9.17, 15) is 9.59 Å². The van der Waals surface area contributed by atoms with Gasteiger partial charge in [-0.15, -0.1) is 0 Å². The molecule has 0 aliphatic heterocycles. The number of aryl methyl sites for hydroxylation is 1. The minimum Gasteiger partial charge on any atom is -0.497 e. The van der Waals surface area contributed by atoms with Crippen molar-refractivity contribution in [3.63, 3.8) is 0 Å². The summed E-state index contributed by atoms with van der Waals surface area (Å²) < 4.78 is 5.25. The molecule has 2 amide bonds. The van der Waals surface area contributed by atoms with Crippen LogP contribution in [-0.2, 0) is 4.79 Å². The van der Waals surface area contributed by atoms with E-state index in [2.05, 4.69) is 10.6 Å². The van der Waals surface area contributed by atoms with E-state index in [1.165, 1.54) is 6.92 Å². The molecule has 6 nitrogen and oxygen atoms in total. The van der Waals surface area contributed by atoms with Crippen molar-refractivity contribution in [3.8, 4) is 17.0 Å². The number of amides is 2. The molecule has 0 saturated carbocycles. The summed E-state index contributed by atoms with van der Waals surface area (Å²) in [7, 11) is 1.59. The number of benzene rings is 3. The van der Waals surface area contributed by atoms with Crippen LogP contribution in [0.3, 0.4) is 0 Å². The first-order valence-corrected chi connectivity index (χ1v) is 10.2. The van der Waals surface area contributed by atoms with Crippen LogP contribution in [0.4, 0.5) is 11.4 Å². The molecule has 1 aromatic heterocycles. The lowest BCUT2D eigenvalue weighted by atomic mass is 10.0. The lowest BCUT2D eigenvalue weighted by molar-refractivity contribution is -0.114. The van der Waals surface area contributed by atoms with Crippen molar-refractivity contribution in [1.29, 1.82) is 0 Å². The normalized spacial score (nSPS) is 10.6. The second-order valence-electron chi connectivity index (χ2n) is 7.52. The summed E-state index contributed by atoms with van der Waals surface area (Å²) in [5, 5.41) is 6.49. The average molecular weight is 425 g/mol. The van der Waals surface area contributed by atoms with Crippen molar-refractivity contribution in [3.05, 3.63) is 83.9 Å². The lowest BCUT2D eigenvalue weighted by Crippen LogP contribution is -2.13. The zero-order valence-corrected chi connectivity index (χ0v) is 18.1. The highest BCUT2D eigenvalue weighted by Crippen LogP contribution is 2.28. The number of anilines is 2. The van der Waals surface area contributed by atoms with Crippen LogP contribution < -0.4 is 15.4 Å². The number of hydrogen-bond donors (Lipinski definition) is 2. The molecular formula is C26H23N3O3. The summed E-state index contributed by atoms with van der Waals surface area (Å²) in [5.74, 6) is 0.305. The van der Waals surface area contributed by atoms with Gasteiger partial charge in [0.15, 0.2) is 0 Å². The molecule has 0 aliphatic rings. The average Bonchev–Trinajstić information content (AvgIpc) is 2.78. The smallest absolute Gasteiger partial charge is 0.256 e. The third kappa shape index (κ3) is 4.59. The van der Waals surface area contributed by atoms with Crippen molar-refractivity contribution >= 4 is 34.1 Å². The van der Waals surface area contributed by atoms with E-state index in [-0.39, 0.29) is 11.8 Å². The standard InChI is InChI=1S/C26H23N3O3/c1-16-7-12-24-22(13-16)23(26(31)28-20-5-4-6-21(14-20)32-3)15-25(29-24)18-8-10-19(11-9-18)27-17(2)30/h4-15H,1-3H3,(H,27,30)(H,28,31). The van der Waals surface area contributed by atoms with Crippen LogP contribution in [0.5, 0.6) is 5.75 Å². The van der Waals surface area contributed by atoms with Gasteiger partial charge in [-0.3, -0.25) is 9.59 Å². The van der Waals surface area contributed by atoms with Crippen molar-refractivity contribution in [2.45, 2.75) is 13.8 Å². The van der Waals surface area contributed by atoms with Crippen molar-refractivity contribution in [1.82, 2.24) is 4.98 Å². The topological polar surface area (TPSA) is 80.3 Å².